The monoisotopic (exact) mass is 312 g/mol. The molecule has 124 valence electrons. The standard InChI is InChI=1S/C10H10O3.C6H14O3/c1-7-3-10(13-2)9(6-12)4-8(7)5-11;1-2-6(3-7,4-8)5-9/h3-6H,1-2H3;7-9H,2-5H2,1H3. The van der Waals surface area contributed by atoms with Crippen molar-refractivity contribution in [3.8, 4) is 5.75 Å². The number of aldehydes is 2. The van der Waals surface area contributed by atoms with Crippen LogP contribution < -0.4 is 4.74 Å². The van der Waals surface area contributed by atoms with Gasteiger partial charge in [0.15, 0.2) is 6.29 Å². The number of ether oxygens (including phenoxy) is 1. The van der Waals surface area contributed by atoms with Crippen LogP contribution in [0.5, 0.6) is 5.75 Å². The maximum Gasteiger partial charge on any atom is 0.153 e. The van der Waals surface area contributed by atoms with Gasteiger partial charge in [-0.1, -0.05) is 6.92 Å². The van der Waals surface area contributed by atoms with Gasteiger partial charge in [0.1, 0.15) is 12.0 Å². The number of hydrogen-bond acceptors (Lipinski definition) is 6. The molecule has 0 radical (unpaired) electrons. The molecule has 0 fully saturated rings. The van der Waals surface area contributed by atoms with Crippen molar-refractivity contribution in [2.75, 3.05) is 26.9 Å². The average molecular weight is 312 g/mol. The summed E-state index contributed by atoms with van der Waals surface area (Å²) in [5.74, 6) is 0.498. The van der Waals surface area contributed by atoms with Gasteiger partial charge in [0, 0.05) is 11.0 Å². The van der Waals surface area contributed by atoms with E-state index in [0.717, 1.165) is 11.8 Å². The smallest absolute Gasteiger partial charge is 0.153 e. The zero-order chi connectivity index (χ0) is 17.2. The molecule has 22 heavy (non-hydrogen) atoms. The van der Waals surface area contributed by atoms with Gasteiger partial charge in [-0.15, -0.1) is 0 Å². The molecule has 0 saturated carbocycles. The first-order valence-electron chi connectivity index (χ1n) is 6.89. The van der Waals surface area contributed by atoms with Crippen molar-refractivity contribution >= 4 is 12.6 Å². The molecule has 6 heteroatoms. The van der Waals surface area contributed by atoms with Gasteiger partial charge in [-0.2, -0.15) is 0 Å². The summed E-state index contributed by atoms with van der Waals surface area (Å²) < 4.78 is 4.97. The van der Waals surface area contributed by atoms with Crippen molar-refractivity contribution in [3.05, 3.63) is 28.8 Å². The third kappa shape index (κ3) is 5.22. The fourth-order valence-electron chi connectivity index (χ4n) is 1.60. The van der Waals surface area contributed by atoms with Crippen molar-refractivity contribution < 1.29 is 29.6 Å². The molecule has 0 aliphatic rings. The number of aryl methyl sites for hydroxylation is 1. The van der Waals surface area contributed by atoms with Crippen LogP contribution in [0.4, 0.5) is 0 Å². The van der Waals surface area contributed by atoms with Crippen LogP contribution in [-0.2, 0) is 0 Å². The number of aliphatic hydroxyl groups excluding tert-OH is 3. The van der Waals surface area contributed by atoms with E-state index in [1.807, 2.05) is 6.92 Å². The highest BCUT2D eigenvalue weighted by Gasteiger charge is 2.24. The summed E-state index contributed by atoms with van der Waals surface area (Å²) in [7, 11) is 1.49. The number of methoxy groups -OCH3 is 1. The topological polar surface area (TPSA) is 104 Å². The molecule has 3 N–H and O–H groups in total. The molecule has 6 nitrogen and oxygen atoms in total. The zero-order valence-corrected chi connectivity index (χ0v) is 13.2. The second-order valence-electron chi connectivity index (χ2n) is 5.01. The number of benzene rings is 1. The Morgan fingerprint density at radius 1 is 1.05 bits per heavy atom. The second-order valence-corrected chi connectivity index (χ2v) is 5.01. The lowest BCUT2D eigenvalue weighted by molar-refractivity contribution is 0.00304. The lowest BCUT2D eigenvalue weighted by atomic mass is 9.88. The number of carbonyl (C=O) groups is 2. The normalized spacial score (nSPS) is 10.5. The van der Waals surface area contributed by atoms with Crippen molar-refractivity contribution in [2.24, 2.45) is 5.41 Å². The van der Waals surface area contributed by atoms with Crippen molar-refractivity contribution in [3.63, 3.8) is 0 Å². The molecule has 1 aromatic carbocycles. The minimum Gasteiger partial charge on any atom is -0.496 e. The Kier molecular flexibility index (Phi) is 9.24. The van der Waals surface area contributed by atoms with E-state index in [4.69, 9.17) is 20.1 Å². The Hall–Kier alpha value is -1.76. The van der Waals surface area contributed by atoms with E-state index in [1.165, 1.54) is 13.2 Å². The number of rotatable bonds is 7. The van der Waals surface area contributed by atoms with Gasteiger partial charge in [0.2, 0.25) is 0 Å². The third-order valence-corrected chi connectivity index (χ3v) is 3.63. The first-order valence-corrected chi connectivity index (χ1v) is 6.89. The van der Waals surface area contributed by atoms with Gasteiger partial charge >= 0.3 is 0 Å². The van der Waals surface area contributed by atoms with E-state index in [2.05, 4.69) is 0 Å². The van der Waals surface area contributed by atoms with E-state index < -0.39 is 5.41 Å². The van der Waals surface area contributed by atoms with Crippen molar-refractivity contribution in [1.82, 2.24) is 0 Å². The summed E-state index contributed by atoms with van der Waals surface area (Å²) in [5.41, 5.74) is 1.05. The van der Waals surface area contributed by atoms with Crippen LogP contribution in [-0.4, -0.2) is 54.8 Å². The molecule has 0 amide bonds. The molecule has 1 aromatic rings. The minimum absolute atomic E-state index is 0.156. The van der Waals surface area contributed by atoms with Gasteiger partial charge in [-0.25, -0.2) is 0 Å². The van der Waals surface area contributed by atoms with Gasteiger partial charge in [0.25, 0.3) is 0 Å². The van der Waals surface area contributed by atoms with E-state index in [-0.39, 0.29) is 19.8 Å². The van der Waals surface area contributed by atoms with Crippen LogP contribution in [0.15, 0.2) is 12.1 Å². The van der Waals surface area contributed by atoms with Gasteiger partial charge in [-0.05, 0) is 31.0 Å². The van der Waals surface area contributed by atoms with Crippen molar-refractivity contribution in [2.45, 2.75) is 20.3 Å². The van der Waals surface area contributed by atoms with Crippen LogP contribution in [0.3, 0.4) is 0 Å². The maximum absolute atomic E-state index is 10.6. The zero-order valence-electron chi connectivity index (χ0n) is 13.2. The molecule has 0 aromatic heterocycles. The number of aliphatic hydroxyl groups is 3. The van der Waals surface area contributed by atoms with Gasteiger partial charge < -0.3 is 20.1 Å². The molecule has 0 spiro atoms. The Labute approximate surface area is 130 Å². The lowest BCUT2D eigenvalue weighted by Crippen LogP contribution is -2.32. The highest BCUT2D eigenvalue weighted by Crippen LogP contribution is 2.20. The van der Waals surface area contributed by atoms with E-state index in [0.29, 0.717) is 29.6 Å². The predicted molar refractivity (Wildman–Crippen MR) is 82.5 cm³/mol. The molecule has 0 aliphatic heterocycles. The van der Waals surface area contributed by atoms with Gasteiger partial charge in [0.05, 0.1) is 32.5 Å². The molecule has 0 aliphatic carbocycles. The quantitative estimate of drug-likeness (QED) is 0.649. The van der Waals surface area contributed by atoms with Crippen LogP contribution in [0.1, 0.15) is 39.6 Å². The summed E-state index contributed by atoms with van der Waals surface area (Å²) >= 11 is 0. The van der Waals surface area contributed by atoms with E-state index in [9.17, 15) is 9.59 Å². The molecule has 0 heterocycles. The fourth-order valence-corrected chi connectivity index (χ4v) is 1.60. The highest BCUT2D eigenvalue weighted by molar-refractivity contribution is 5.86. The van der Waals surface area contributed by atoms with E-state index >= 15 is 0 Å². The molecule has 0 atom stereocenters. The first-order chi connectivity index (χ1) is 10.5. The average Bonchev–Trinajstić information content (AvgIpc) is 2.57. The minimum atomic E-state index is -0.667. The summed E-state index contributed by atoms with van der Waals surface area (Å²) in [5, 5.41) is 26.0. The highest BCUT2D eigenvalue weighted by atomic mass is 16.5. The Morgan fingerprint density at radius 3 is 1.82 bits per heavy atom. The van der Waals surface area contributed by atoms with Crippen LogP contribution in [0.25, 0.3) is 0 Å². The Bertz CT molecular complexity index is 462. The number of carbonyl (C=O) groups excluding carboxylic acids is 2. The Morgan fingerprint density at radius 2 is 1.55 bits per heavy atom. The van der Waals surface area contributed by atoms with Gasteiger partial charge in [-0.3, -0.25) is 9.59 Å². The molecule has 0 saturated heterocycles. The van der Waals surface area contributed by atoms with Crippen LogP contribution >= 0.6 is 0 Å². The number of hydrogen-bond donors (Lipinski definition) is 3. The molecule has 1 rings (SSSR count). The summed E-state index contributed by atoms with van der Waals surface area (Å²) in [6, 6.07) is 3.20. The first kappa shape index (κ1) is 20.2. The summed E-state index contributed by atoms with van der Waals surface area (Å²) in [6.45, 7) is 3.15. The molecular formula is C16H24O6. The van der Waals surface area contributed by atoms with Crippen molar-refractivity contribution in [1.29, 1.82) is 0 Å². The SMILES string of the molecule is CCC(CO)(CO)CO.COc1cc(C)c(C=O)cc1C=O. The lowest BCUT2D eigenvalue weighted by Gasteiger charge is -2.24. The largest absolute Gasteiger partial charge is 0.496 e. The second kappa shape index (κ2) is 10.0. The molecule has 0 bridgehead atoms. The van der Waals surface area contributed by atoms with Crippen LogP contribution in [0.2, 0.25) is 0 Å². The predicted octanol–water partition coefficient (Wildman–Crippen LogP) is 0.988. The Balaban J connectivity index is 0.000000433. The van der Waals surface area contributed by atoms with E-state index in [1.54, 1.807) is 13.0 Å². The maximum atomic E-state index is 10.6. The third-order valence-electron chi connectivity index (χ3n) is 3.63. The van der Waals surface area contributed by atoms with Crippen LogP contribution in [0, 0.1) is 12.3 Å². The summed E-state index contributed by atoms with van der Waals surface area (Å²) in [4.78, 5) is 21.1. The molecule has 0 unspecified atom stereocenters. The molecular weight excluding hydrogens is 288 g/mol. The summed E-state index contributed by atoms with van der Waals surface area (Å²) in [6.07, 6.45) is 1.99. The fraction of sp³-hybridized carbons (Fsp3) is 0.500.